The van der Waals surface area contributed by atoms with Crippen LogP contribution in [-0.2, 0) is 14.8 Å². The van der Waals surface area contributed by atoms with Crippen molar-refractivity contribution >= 4 is 38.9 Å². The summed E-state index contributed by atoms with van der Waals surface area (Å²) < 4.78 is 40.3. The highest BCUT2D eigenvalue weighted by Gasteiger charge is 2.27. The van der Waals surface area contributed by atoms with Gasteiger partial charge in [0, 0.05) is 10.7 Å². The van der Waals surface area contributed by atoms with E-state index < -0.39 is 28.3 Å². The van der Waals surface area contributed by atoms with Crippen LogP contribution in [-0.4, -0.2) is 20.9 Å². The van der Waals surface area contributed by atoms with Crippen molar-refractivity contribution in [3.63, 3.8) is 0 Å². The van der Waals surface area contributed by atoms with Gasteiger partial charge in [0.15, 0.2) is 0 Å². The molecule has 8 heteroatoms. The molecule has 28 heavy (non-hydrogen) atoms. The molecular formula is C20H16ClFN2O3S. The zero-order valence-electron chi connectivity index (χ0n) is 14.5. The van der Waals surface area contributed by atoms with Crippen molar-refractivity contribution in [3.05, 3.63) is 89.7 Å². The van der Waals surface area contributed by atoms with E-state index in [2.05, 4.69) is 5.32 Å². The summed E-state index contributed by atoms with van der Waals surface area (Å²) in [5.41, 5.74) is 0.762. The van der Waals surface area contributed by atoms with Gasteiger partial charge < -0.3 is 5.32 Å². The van der Waals surface area contributed by atoms with Crippen molar-refractivity contribution in [2.45, 2.75) is 4.90 Å². The molecule has 5 nitrogen and oxygen atoms in total. The van der Waals surface area contributed by atoms with E-state index >= 15 is 0 Å². The van der Waals surface area contributed by atoms with E-state index in [1.54, 1.807) is 54.6 Å². The Bertz CT molecular complexity index is 1070. The normalized spacial score (nSPS) is 11.1. The first-order chi connectivity index (χ1) is 13.4. The molecule has 3 aromatic rings. The van der Waals surface area contributed by atoms with E-state index in [1.807, 2.05) is 0 Å². The fraction of sp³-hybridized carbons (Fsp3) is 0.0500. The van der Waals surface area contributed by atoms with E-state index in [0.717, 1.165) is 28.6 Å². The van der Waals surface area contributed by atoms with Crippen LogP contribution in [0, 0.1) is 5.82 Å². The minimum absolute atomic E-state index is 0.117. The average molecular weight is 419 g/mol. The molecule has 0 aliphatic carbocycles. The second-order valence-electron chi connectivity index (χ2n) is 5.86. The molecule has 0 aromatic heterocycles. The molecule has 0 fully saturated rings. The summed E-state index contributed by atoms with van der Waals surface area (Å²) in [6.45, 7) is -0.462. The lowest BCUT2D eigenvalue weighted by molar-refractivity contribution is -0.114. The highest BCUT2D eigenvalue weighted by molar-refractivity contribution is 7.92. The van der Waals surface area contributed by atoms with Crippen LogP contribution in [0.15, 0.2) is 83.8 Å². The van der Waals surface area contributed by atoms with Gasteiger partial charge in [-0.3, -0.25) is 9.10 Å². The lowest BCUT2D eigenvalue weighted by Crippen LogP contribution is -2.38. The summed E-state index contributed by atoms with van der Waals surface area (Å²) in [7, 11) is -4.09. The number of nitrogens with zero attached hydrogens (tertiary/aromatic N) is 1. The molecule has 0 saturated carbocycles. The number of carbonyl (C=O) groups is 1. The summed E-state index contributed by atoms with van der Waals surface area (Å²) in [6.07, 6.45) is 0. The molecule has 0 bridgehead atoms. The second kappa shape index (κ2) is 8.41. The predicted molar refractivity (Wildman–Crippen MR) is 107 cm³/mol. The van der Waals surface area contributed by atoms with Gasteiger partial charge in [0.1, 0.15) is 12.4 Å². The highest BCUT2D eigenvalue weighted by Crippen LogP contribution is 2.24. The Morgan fingerprint density at radius 3 is 2.29 bits per heavy atom. The first-order valence-electron chi connectivity index (χ1n) is 8.25. The molecule has 0 aliphatic heterocycles. The van der Waals surface area contributed by atoms with Crippen LogP contribution in [0.4, 0.5) is 15.8 Å². The van der Waals surface area contributed by atoms with Crippen molar-refractivity contribution < 1.29 is 17.6 Å². The topological polar surface area (TPSA) is 66.5 Å². The molecule has 1 amide bonds. The second-order valence-corrected chi connectivity index (χ2v) is 8.16. The van der Waals surface area contributed by atoms with Crippen molar-refractivity contribution in [3.8, 4) is 0 Å². The van der Waals surface area contributed by atoms with Crippen LogP contribution < -0.4 is 9.62 Å². The van der Waals surface area contributed by atoms with Gasteiger partial charge >= 0.3 is 0 Å². The first-order valence-corrected chi connectivity index (χ1v) is 10.1. The van der Waals surface area contributed by atoms with Gasteiger partial charge in [0.05, 0.1) is 10.6 Å². The van der Waals surface area contributed by atoms with Gasteiger partial charge in [-0.15, -0.1) is 0 Å². The quantitative estimate of drug-likeness (QED) is 0.648. The minimum atomic E-state index is -4.09. The third-order valence-electron chi connectivity index (χ3n) is 3.84. The molecule has 3 aromatic carbocycles. The van der Waals surface area contributed by atoms with Gasteiger partial charge in [-0.2, -0.15) is 0 Å². The summed E-state index contributed by atoms with van der Waals surface area (Å²) in [5, 5.41) is 3.07. The molecule has 0 radical (unpaired) electrons. The molecule has 0 spiro atoms. The Hall–Kier alpha value is -2.90. The Labute approximate surface area is 167 Å². The SMILES string of the molecule is O=C(CN(c1ccccc1)S(=O)(=O)c1ccc(F)cc1)Nc1cccc(Cl)c1. The number of benzene rings is 3. The Morgan fingerprint density at radius 2 is 1.64 bits per heavy atom. The van der Waals surface area contributed by atoms with Crippen molar-refractivity contribution in [1.29, 1.82) is 0 Å². The number of hydrogen-bond donors (Lipinski definition) is 1. The van der Waals surface area contributed by atoms with E-state index in [0.29, 0.717) is 16.4 Å². The largest absolute Gasteiger partial charge is 0.324 e. The number of para-hydroxylation sites is 1. The zero-order chi connectivity index (χ0) is 20.1. The van der Waals surface area contributed by atoms with E-state index in [9.17, 15) is 17.6 Å². The summed E-state index contributed by atoms with van der Waals surface area (Å²) in [4.78, 5) is 12.4. The third kappa shape index (κ3) is 4.68. The van der Waals surface area contributed by atoms with Gasteiger partial charge in [0.2, 0.25) is 5.91 Å². The van der Waals surface area contributed by atoms with Gasteiger partial charge in [-0.05, 0) is 54.6 Å². The number of hydrogen-bond acceptors (Lipinski definition) is 3. The molecule has 0 saturated heterocycles. The standard InChI is InChI=1S/C20H16ClFN2O3S/c21-15-5-4-6-17(13-15)23-20(25)14-24(18-7-2-1-3-8-18)28(26,27)19-11-9-16(22)10-12-19/h1-13H,14H2,(H,23,25). The van der Waals surface area contributed by atoms with Crippen LogP contribution in [0.3, 0.4) is 0 Å². The monoisotopic (exact) mass is 418 g/mol. The maximum absolute atomic E-state index is 13.2. The Morgan fingerprint density at radius 1 is 0.964 bits per heavy atom. The lowest BCUT2D eigenvalue weighted by atomic mass is 10.3. The summed E-state index contributed by atoms with van der Waals surface area (Å²) >= 11 is 5.91. The molecule has 3 rings (SSSR count). The third-order valence-corrected chi connectivity index (χ3v) is 5.86. The number of amides is 1. The maximum Gasteiger partial charge on any atom is 0.264 e. The van der Waals surface area contributed by atoms with E-state index in [4.69, 9.17) is 11.6 Å². The molecule has 0 heterocycles. The number of sulfonamides is 1. The average Bonchev–Trinajstić information content (AvgIpc) is 2.67. The van der Waals surface area contributed by atoms with Crippen LogP contribution in [0.5, 0.6) is 0 Å². The van der Waals surface area contributed by atoms with Crippen LogP contribution in [0.2, 0.25) is 5.02 Å². The number of anilines is 2. The molecule has 144 valence electrons. The maximum atomic E-state index is 13.2. The van der Waals surface area contributed by atoms with E-state index in [1.165, 1.54) is 0 Å². The van der Waals surface area contributed by atoms with Crippen LogP contribution in [0.25, 0.3) is 0 Å². The van der Waals surface area contributed by atoms with Gasteiger partial charge in [-0.25, -0.2) is 12.8 Å². The van der Waals surface area contributed by atoms with Crippen molar-refractivity contribution in [1.82, 2.24) is 0 Å². The molecule has 0 aliphatic rings. The first kappa shape index (κ1) is 19.9. The van der Waals surface area contributed by atoms with Crippen LogP contribution >= 0.6 is 11.6 Å². The Kier molecular flexibility index (Phi) is 5.96. The number of rotatable bonds is 6. The number of nitrogens with one attached hydrogen (secondary N) is 1. The minimum Gasteiger partial charge on any atom is -0.324 e. The fourth-order valence-electron chi connectivity index (χ4n) is 2.54. The van der Waals surface area contributed by atoms with Gasteiger partial charge in [0.25, 0.3) is 10.0 Å². The van der Waals surface area contributed by atoms with E-state index in [-0.39, 0.29) is 4.90 Å². The Balaban J connectivity index is 1.91. The molecule has 0 unspecified atom stereocenters. The summed E-state index contributed by atoms with van der Waals surface area (Å²) in [6, 6.07) is 19.2. The molecule has 1 N–H and O–H groups in total. The van der Waals surface area contributed by atoms with Crippen LogP contribution in [0.1, 0.15) is 0 Å². The zero-order valence-corrected chi connectivity index (χ0v) is 16.1. The van der Waals surface area contributed by atoms with Gasteiger partial charge in [-0.1, -0.05) is 35.9 Å². The smallest absolute Gasteiger partial charge is 0.264 e. The molecular weight excluding hydrogens is 403 g/mol. The number of carbonyl (C=O) groups excluding carboxylic acids is 1. The summed E-state index contributed by atoms with van der Waals surface area (Å²) in [5.74, 6) is -1.10. The van der Waals surface area contributed by atoms with Crippen molar-refractivity contribution in [2.24, 2.45) is 0 Å². The number of halogens is 2. The lowest BCUT2D eigenvalue weighted by Gasteiger charge is -2.24. The fourth-order valence-corrected chi connectivity index (χ4v) is 4.15. The predicted octanol–water partition coefficient (Wildman–Crippen LogP) is 4.31. The van der Waals surface area contributed by atoms with Crippen molar-refractivity contribution in [2.75, 3.05) is 16.2 Å². The molecule has 0 atom stereocenters. The highest BCUT2D eigenvalue weighted by atomic mass is 35.5.